The van der Waals surface area contributed by atoms with E-state index in [0.717, 1.165) is 32.7 Å². The van der Waals surface area contributed by atoms with Crippen LogP contribution in [0.3, 0.4) is 0 Å². The zero-order valence-electron chi connectivity index (χ0n) is 10.9. The second-order valence-corrected chi connectivity index (χ2v) is 5.55. The van der Waals surface area contributed by atoms with Crippen molar-refractivity contribution < 1.29 is 4.74 Å². The van der Waals surface area contributed by atoms with Crippen LogP contribution in [0.25, 0.3) is 0 Å². The van der Waals surface area contributed by atoms with Gasteiger partial charge in [-0.1, -0.05) is 35.5 Å². The molecule has 0 spiro atoms. The molecule has 0 radical (unpaired) electrons. The Bertz CT molecular complexity index is 560. The van der Waals surface area contributed by atoms with Gasteiger partial charge in [-0.05, 0) is 42.9 Å². The summed E-state index contributed by atoms with van der Waals surface area (Å²) in [5.74, 6) is 0.863. The van der Waals surface area contributed by atoms with Gasteiger partial charge >= 0.3 is 0 Å². The van der Waals surface area contributed by atoms with Gasteiger partial charge in [0.25, 0.3) is 0 Å². The summed E-state index contributed by atoms with van der Waals surface area (Å²) >= 11 is 7.95. The number of hydrogen-bond acceptors (Lipinski definition) is 3. The zero-order chi connectivity index (χ0) is 13.7. The molecule has 2 nitrogen and oxygen atoms in total. The van der Waals surface area contributed by atoms with Crippen molar-refractivity contribution in [2.75, 3.05) is 14.2 Å². The first-order valence-electron chi connectivity index (χ1n) is 5.98. The first-order chi connectivity index (χ1) is 9.24. The third-order valence-corrected chi connectivity index (χ3v) is 4.14. The van der Waals surface area contributed by atoms with Crippen molar-refractivity contribution in [3.8, 4) is 5.75 Å². The monoisotopic (exact) mass is 293 g/mol. The molecule has 0 amide bonds. The molecule has 2 rings (SSSR count). The van der Waals surface area contributed by atoms with Gasteiger partial charge in [-0.3, -0.25) is 0 Å². The number of methoxy groups -OCH3 is 1. The lowest BCUT2D eigenvalue weighted by molar-refractivity contribution is 0.413. The molecule has 0 aliphatic heterocycles. The first-order valence-corrected chi connectivity index (χ1v) is 7.18. The molecular formula is C15H16ClNOS. The van der Waals surface area contributed by atoms with E-state index in [1.807, 2.05) is 37.4 Å². The van der Waals surface area contributed by atoms with E-state index in [-0.39, 0.29) is 0 Å². The number of halogens is 1. The summed E-state index contributed by atoms with van der Waals surface area (Å²) in [5.41, 5.74) is 1.12. The van der Waals surface area contributed by atoms with Crippen LogP contribution in [0.1, 0.15) is 5.56 Å². The van der Waals surface area contributed by atoms with E-state index < -0.39 is 0 Å². The summed E-state index contributed by atoms with van der Waals surface area (Å²) in [6, 6.07) is 14.0. The van der Waals surface area contributed by atoms with Crippen molar-refractivity contribution in [2.24, 2.45) is 0 Å². The molecule has 1 N–H and O–H groups in total. The van der Waals surface area contributed by atoms with E-state index in [1.165, 1.54) is 0 Å². The minimum Gasteiger partial charge on any atom is -0.497 e. The summed E-state index contributed by atoms with van der Waals surface area (Å²) in [6.07, 6.45) is 0. The molecule has 2 aromatic rings. The van der Waals surface area contributed by atoms with Crippen LogP contribution in [0.5, 0.6) is 5.75 Å². The fraction of sp³-hybridized carbons (Fsp3) is 0.200. The van der Waals surface area contributed by atoms with Gasteiger partial charge in [-0.25, -0.2) is 0 Å². The Morgan fingerprint density at radius 3 is 2.74 bits per heavy atom. The number of benzene rings is 2. The van der Waals surface area contributed by atoms with Gasteiger partial charge in [-0.15, -0.1) is 0 Å². The van der Waals surface area contributed by atoms with Crippen LogP contribution in [-0.2, 0) is 6.54 Å². The van der Waals surface area contributed by atoms with Crippen molar-refractivity contribution in [3.05, 3.63) is 53.1 Å². The van der Waals surface area contributed by atoms with Crippen LogP contribution in [-0.4, -0.2) is 14.2 Å². The average molecular weight is 294 g/mol. The summed E-state index contributed by atoms with van der Waals surface area (Å²) in [6.45, 7) is 0.756. The molecule has 0 atom stereocenters. The second kappa shape index (κ2) is 6.85. The first kappa shape index (κ1) is 14.3. The molecule has 0 fully saturated rings. The Kier molecular flexibility index (Phi) is 5.14. The number of hydrogen-bond donors (Lipinski definition) is 1. The Labute approximate surface area is 123 Å². The minimum atomic E-state index is 0.756. The van der Waals surface area contributed by atoms with Gasteiger partial charge in [0, 0.05) is 21.4 Å². The Morgan fingerprint density at radius 1 is 1.21 bits per heavy atom. The second-order valence-electron chi connectivity index (χ2n) is 4.03. The largest absolute Gasteiger partial charge is 0.497 e. The maximum absolute atomic E-state index is 6.25. The van der Waals surface area contributed by atoms with Gasteiger partial charge in [-0.2, -0.15) is 0 Å². The lowest BCUT2D eigenvalue weighted by Gasteiger charge is -2.11. The Balaban J connectivity index is 2.29. The average Bonchev–Trinajstić information content (AvgIpc) is 2.43. The molecule has 2 aromatic carbocycles. The van der Waals surface area contributed by atoms with Gasteiger partial charge in [0.05, 0.1) is 7.11 Å². The molecule has 0 bridgehead atoms. The molecule has 0 aromatic heterocycles. The fourth-order valence-corrected chi connectivity index (χ4v) is 3.10. The molecule has 0 unspecified atom stereocenters. The van der Waals surface area contributed by atoms with E-state index in [9.17, 15) is 0 Å². The molecule has 0 aliphatic carbocycles. The van der Waals surface area contributed by atoms with Crippen molar-refractivity contribution >= 4 is 23.4 Å². The maximum atomic E-state index is 6.25. The lowest BCUT2D eigenvalue weighted by atomic mass is 10.2. The van der Waals surface area contributed by atoms with Crippen molar-refractivity contribution in [2.45, 2.75) is 16.3 Å². The molecule has 4 heteroatoms. The molecule has 19 heavy (non-hydrogen) atoms. The van der Waals surface area contributed by atoms with Crippen LogP contribution in [0, 0.1) is 0 Å². The molecular weight excluding hydrogens is 278 g/mol. The lowest BCUT2D eigenvalue weighted by Crippen LogP contribution is -2.06. The SMILES string of the molecule is CNCc1c(Cl)cccc1Sc1cccc(OC)c1. The minimum absolute atomic E-state index is 0.756. The van der Waals surface area contributed by atoms with Crippen molar-refractivity contribution in [3.63, 3.8) is 0 Å². The molecule has 0 saturated carbocycles. The predicted octanol–water partition coefficient (Wildman–Crippen LogP) is 4.22. The highest BCUT2D eigenvalue weighted by Gasteiger charge is 2.08. The van der Waals surface area contributed by atoms with E-state index in [0.29, 0.717) is 0 Å². The molecule has 0 aliphatic rings. The van der Waals surface area contributed by atoms with Crippen LogP contribution in [0.2, 0.25) is 5.02 Å². The highest BCUT2D eigenvalue weighted by atomic mass is 35.5. The number of rotatable bonds is 5. The standard InChI is InChI=1S/C15H16ClNOS/c1-17-10-13-14(16)7-4-8-15(13)19-12-6-3-5-11(9-12)18-2/h3-9,17H,10H2,1-2H3. The van der Waals surface area contributed by atoms with Crippen LogP contribution in [0.4, 0.5) is 0 Å². The Morgan fingerprint density at radius 2 is 2.00 bits per heavy atom. The predicted molar refractivity (Wildman–Crippen MR) is 81.3 cm³/mol. The van der Waals surface area contributed by atoms with Crippen LogP contribution < -0.4 is 10.1 Å². The summed E-state index contributed by atoms with van der Waals surface area (Å²) in [4.78, 5) is 2.30. The highest BCUT2D eigenvalue weighted by molar-refractivity contribution is 7.99. The van der Waals surface area contributed by atoms with Gasteiger partial charge in [0.15, 0.2) is 0 Å². The number of nitrogens with one attached hydrogen (secondary N) is 1. The van der Waals surface area contributed by atoms with Gasteiger partial charge < -0.3 is 10.1 Å². The highest BCUT2D eigenvalue weighted by Crippen LogP contribution is 2.35. The van der Waals surface area contributed by atoms with Gasteiger partial charge in [0.2, 0.25) is 0 Å². The van der Waals surface area contributed by atoms with Crippen molar-refractivity contribution in [1.29, 1.82) is 0 Å². The molecule has 0 heterocycles. The van der Waals surface area contributed by atoms with E-state index in [4.69, 9.17) is 16.3 Å². The smallest absolute Gasteiger partial charge is 0.119 e. The topological polar surface area (TPSA) is 21.3 Å². The zero-order valence-corrected chi connectivity index (χ0v) is 12.5. The number of ether oxygens (including phenoxy) is 1. The molecule has 0 saturated heterocycles. The van der Waals surface area contributed by atoms with E-state index >= 15 is 0 Å². The summed E-state index contributed by atoms with van der Waals surface area (Å²) in [5, 5.41) is 3.94. The Hall–Kier alpha value is -1.16. The van der Waals surface area contributed by atoms with E-state index in [2.05, 4.69) is 17.4 Å². The third-order valence-electron chi connectivity index (χ3n) is 2.70. The van der Waals surface area contributed by atoms with Gasteiger partial charge in [0.1, 0.15) is 5.75 Å². The normalized spacial score (nSPS) is 10.5. The summed E-state index contributed by atoms with van der Waals surface area (Å²) in [7, 11) is 3.60. The summed E-state index contributed by atoms with van der Waals surface area (Å²) < 4.78 is 5.24. The van der Waals surface area contributed by atoms with Crippen LogP contribution in [0.15, 0.2) is 52.3 Å². The maximum Gasteiger partial charge on any atom is 0.119 e. The van der Waals surface area contributed by atoms with Crippen LogP contribution >= 0.6 is 23.4 Å². The fourth-order valence-electron chi connectivity index (χ4n) is 1.77. The van der Waals surface area contributed by atoms with Crippen molar-refractivity contribution in [1.82, 2.24) is 5.32 Å². The quantitative estimate of drug-likeness (QED) is 0.892. The third kappa shape index (κ3) is 3.66. The molecule has 100 valence electrons. The van der Waals surface area contributed by atoms with E-state index in [1.54, 1.807) is 18.9 Å².